The molecule has 0 aliphatic carbocycles. The van der Waals surface area contributed by atoms with Crippen molar-refractivity contribution >= 4 is 23.4 Å². The second-order valence-electron chi connectivity index (χ2n) is 3.42. The van der Waals surface area contributed by atoms with Crippen molar-refractivity contribution < 1.29 is 22.7 Å². The van der Waals surface area contributed by atoms with Crippen molar-refractivity contribution in [2.45, 2.75) is 20.0 Å². The molecule has 94 valence electrons. The number of carbonyl (C=O) groups is 1. The van der Waals surface area contributed by atoms with Crippen LogP contribution in [0.2, 0.25) is 0 Å². The summed E-state index contributed by atoms with van der Waals surface area (Å²) in [5.41, 5.74) is 0. The Morgan fingerprint density at radius 2 is 2.00 bits per heavy atom. The van der Waals surface area contributed by atoms with Crippen LogP contribution in [0, 0.1) is 5.92 Å². The molecule has 0 saturated heterocycles. The van der Waals surface area contributed by atoms with Crippen LogP contribution in [-0.2, 0) is 4.74 Å². The lowest BCUT2D eigenvalue weighted by Gasteiger charge is -2.12. The molecule has 0 aromatic heterocycles. The van der Waals surface area contributed by atoms with Gasteiger partial charge in [-0.15, -0.1) is 0 Å². The summed E-state index contributed by atoms with van der Waals surface area (Å²) in [4.78, 5) is 10.9. The van der Waals surface area contributed by atoms with Gasteiger partial charge in [0.05, 0.1) is 6.61 Å². The third kappa shape index (κ3) is 9.50. The van der Waals surface area contributed by atoms with Gasteiger partial charge in [-0.3, -0.25) is 5.32 Å². The van der Waals surface area contributed by atoms with Gasteiger partial charge in [0.1, 0.15) is 6.54 Å². The van der Waals surface area contributed by atoms with Crippen molar-refractivity contribution in [3.63, 3.8) is 0 Å². The van der Waals surface area contributed by atoms with E-state index in [0.29, 0.717) is 0 Å². The normalized spacial score (nSPS) is 11.1. The number of ether oxygens (including phenoxy) is 1. The molecule has 0 rings (SSSR count). The number of hydrogen-bond donors (Lipinski definition) is 2. The van der Waals surface area contributed by atoms with Gasteiger partial charge in [-0.2, -0.15) is 13.2 Å². The highest BCUT2D eigenvalue weighted by atomic mass is 32.1. The van der Waals surface area contributed by atoms with Gasteiger partial charge in [0.2, 0.25) is 0 Å². The van der Waals surface area contributed by atoms with E-state index < -0.39 is 23.9 Å². The summed E-state index contributed by atoms with van der Waals surface area (Å²) in [5.74, 6) is 0.141. The Balaban J connectivity index is 3.75. The van der Waals surface area contributed by atoms with Crippen LogP contribution < -0.4 is 10.6 Å². The fraction of sp³-hybridized carbons (Fsp3) is 0.750. The number of rotatable bonds is 3. The summed E-state index contributed by atoms with van der Waals surface area (Å²) in [6.45, 7) is 2.53. The van der Waals surface area contributed by atoms with E-state index in [9.17, 15) is 18.0 Å². The minimum absolute atomic E-state index is 0.141. The predicted octanol–water partition coefficient (Wildman–Crippen LogP) is 1.81. The van der Waals surface area contributed by atoms with Gasteiger partial charge in [-0.25, -0.2) is 4.79 Å². The van der Waals surface area contributed by atoms with E-state index >= 15 is 0 Å². The molecule has 0 aromatic carbocycles. The minimum atomic E-state index is -4.38. The van der Waals surface area contributed by atoms with Gasteiger partial charge < -0.3 is 10.1 Å². The SMILES string of the molecule is CC(C)COC(=O)NC(=S)NCC(F)(F)F. The Bertz CT molecular complexity index is 256. The Hall–Kier alpha value is -1.05. The first kappa shape index (κ1) is 14.9. The smallest absolute Gasteiger partial charge is 0.413 e. The molecule has 0 saturated carbocycles. The number of halogens is 3. The number of nitrogens with one attached hydrogen (secondary N) is 2. The third-order valence-electron chi connectivity index (χ3n) is 1.21. The van der Waals surface area contributed by atoms with Crippen LogP contribution >= 0.6 is 12.2 Å². The molecule has 0 radical (unpaired) electrons. The molecule has 0 heterocycles. The average Bonchev–Trinajstić information content (AvgIpc) is 2.10. The molecule has 16 heavy (non-hydrogen) atoms. The van der Waals surface area contributed by atoms with Gasteiger partial charge in [-0.1, -0.05) is 13.8 Å². The van der Waals surface area contributed by atoms with Crippen molar-refractivity contribution in [2.75, 3.05) is 13.2 Å². The molecule has 0 atom stereocenters. The van der Waals surface area contributed by atoms with Crippen LogP contribution in [-0.4, -0.2) is 30.5 Å². The van der Waals surface area contributed by atoms with E-state index in [0.717, 1.165) is 0 Å². The fourth-order valence-corrected chi connectivity index (χ4v) is 0.751. The Morgan fingerprint density at radius 3 is 2.44 bits per heavy atom. The Kier molecular flexibility index (Phi) is 6.09. The summed E-state index contributed by atoms with van der Waals surface area (Å²) in [7, 11) is 0. The van der Waals surface area contributed by atoms with Gasteiger partial charge in [0.15, 0.2) is 5.11 Å². The lowest BCUT2D eigenvalue weighted by molar-refractivity contribution is -0.122. The molecule has 8 heteroatoms. The van der Waals surface area contributed by atoms with Crippen LogP contribution in [0.15, 0.2) is 0 Å². The fourth-order valence-electron chi connectivity index (χ4n) is 0.596. The summed E-state index contributed by atoms with van der Waals surface area (Å²) < 4.78 is 39.9. The van der Waals surface area contributed by atoms with Crippen molar-refractivity contribution in [2.24, 2.45) is 5.92 Å². The van der Waals surface area contributed by atoms with E-state index in [1.165, 1.54) is 0 Å². The maximum absolute atomic E-state index is 11.7. The second kappa shape index (κ2) is 6.51. The topological polar surface area (TPSA) is 50.4 Å². The number of thiocarbonyl (C=S) groups is 1. The highest BCUT2D eigenvalue weighted by Gasteiger charge is 2.27. The Labute approximate surface area is 96.5 Å². The molecule has 0 aliphatic heterocycles. The first-order chi connectivity index (χ1) is 7.20. The number of hydrogen-bond acceptors (Lipinski definition) is 3. The van der Waals surface area contributed by atoms with Crippen molar-refractivity contribution in [3.8, 4) is 0 Å². The molecule has 0 aromatic rings. The third-order valence-corrected chi connectivity index (χ3v) is 1.46. The monoisotopic (exact) mass is 258 g/mol. The molecular weight excluding hydrogens is 245 g/mol. The van der Waals surface area contributed by atoms with Gasteiger partial charge in [0, 0.05) is 0 Å². The van der Waals surface area contributed by atoms with E-state index in [2.05, 4.69) is 17.0 Å². The summed E-state index contributed by atoms with van der Waals surface area (Å²) in [6.07, 6.45) is -5.25. The van der Waals surface area contributed by atoms with E-state index in [1.54, 1.807) is 0 Å². The number of alkyl halides is 3. The molecular formula is C8H13F3N2O2S. The molecule has 0 spiro atoms. The summed E-state index contributed by atoms with van der Waals surface area (Å²) >= 11 is 4.46. The first-order valence-electron chi connectivity index (χ1n) is 4.49. The van der Waals surface area contributed by atoms with Crippen molar-refractivity contribution in [1.82, 2.24) is 10.6 Å². The average molecular weight is 258 g/mol. The van der Waals surface area contributed by atoms with Gasteiger partial charge >= 0.3 is 12.3 Å². The number of alkyl carbamates (subject to hydrolysis) is 1. The zero-order valence-electron chi connectivity index (χ0n) is 8.85. The van der Waals surface area contributed by atoms with Crippen molar-refractivity contribution in [1.29, 1.82) is 0 Å². The number of carbonyl (C=O) groups excluding carboxylic acids is 1. The van der Waals surface area contributed by atoms with Gasteiger partial charge in [0.25, 0.3) is 0 Å². The zero-order chi connectivity index (χ0) is 12.8. The van der Waals surface area contributed by atoms with E-state index in [-0.39, 0.29) is 12.5 Å². The van der Waals surface area contributed by atoms with Crippen LogP contribution in [0.3, 0.4) is 0 Å². The molecule has 0 fully saturated rings. The van der Waals surface area contributed by atoms with E-state index in [1.807, 2.05) is 24.5 Å². The van der Waals surface area contributed by atoms with Gasteiger partial charge in [-0.05, 0) is 18.1 Å². The van der Waals surface area contributed by atoms with E-state index in [4.69, 9.17) is 0 Å². The van der Waals surface area contributed by atoms with Crippen LogP contribution in [0.4, 0.5) is 18.0 Å². The highest BCUT2D eigenvalue weighted by Crippen LogP contribution is 2.11. The number of amides is 1. The Morgan fingerprint density at radius 1 is 1.44 bits per heavy atom. The van der Waals surface area contributed by atoms with Crippen LogP contribution in [0.1, 0.15) is 13.8 Å². The lowest BCUT2D eigenvalue weighted by Crippen LogP contribution is -2.43. The lowest BCUT2D eigenvalue weighted by atomic mass is 10.2. The maximum Gasteiger partial charge on any atom is 0.413 e. The molecule has 1 amide bonds. The summed E-state index contributed by atoms with van der Waals surface area (Å²) in [6, 6.07) is 0. The van der Waals surface area contributed by atoms with Crippen LogP contribution in [0.25, 0.3) is 0 Å². The highest BCUT2D eigenvalue weighted by molar-refractivity contribution is 7.80. The maximum atomic E-state index is 11.7. The standard InChI is InChI=1S/C8H13F3N2O2S/c1-5(2)3-15-7(14)13-6(16)12-4-8(9,10)11/h5H,3-4H2,1-2H3,(H2,12,13,14,16). The van der Waals surface area contributed by atoms with Crippen molar-refractivity contribution in [3.05, 3.63) is 0 Å². The zero-order valence-corrected chi connectivity index (χ0v) is 9.67. The molecule has 4 nitrogen and oxygen atoms in total. The molecule has 0 bridgehead atoms. The largest absolute Gasteiger partial charge is 0.449 e. The quantitative estimate of drug-likeness (QED) is 0.758. The molecule has 2 N–H and O–H groups in total. The predicted molar refractivity (Wildman–Crippen MR) is 56.0 cm³/mol. The summed E-state index contributed by atoms with van der Waals surface area (Å²) in [5, 5.41) is 3.39. The molecule has 0 aliphatic rings. The first-order valence-corrected chi connectivity index (χ1v) is 4.90. The van der Waals surface area contributed by atoms with Crippen LogP contribution in [0.5, 0.6) is 0 Å². The molecule has 0 unspecified atom stereocenters. The second-order valence-corrected chi connectivity index (χ2v) is 3.82. The minimum Gasteiger partial charge on any atom is -0.449 e.